The fourth-order valence-electron chi connectivity index (χ4n) is 2.74. The summed E-state index contributed by atoms with van der Waals surface area (Å²) < 4.78 is 5.77. The zero-order valence-corrected chi connectivity index (χ0v) is 15.4. The number of fused-ring (bicyclic) bond motifs is 1. The van der Waals surface area contributed by atoms with Gasteiger partial charge in [0.25, 0.3) is 0 Å². The smallest absolute Gasteiger partial charge is 0.141 e. The van der Waals surface area contributed by atoms with Gasteiger partial charge in [-0.15, -0.1) is 0 Å². The molecule has 0 amide bonds. The highest BCUT2D eigenvalue weighted by atomic mass is 35.5. The highest BCUT2D eigenvalue weighted by Gasteiger charge is 2.08. The maximum atomic E-state index is 6.39. The number of rotatable bonds is 5. The van der Waals surface area contributed by atoms with Gasteiger partial charge in [-0.05, 0) is 49.4 Å². The summed E-state index contributed by atoms with van der Waals surface area (Å²) in [5.41, 5.74) is 3.71. The zero-order valence-electron chi connectivity index (χ0n) is 14.7. The van der Waals surface area contributed by atoms with Crippen LogP contribution in [0.15, 0.2) is 67.1 Å². The Labute approximate surface area is 162 Å². The van der Waals surface area contributed by atoms with Crippen molar-refractivity contribution in [2.45, 2.75) is 13.5 Å². The predicted octanol–water partition coefficient (Wildman–Crippen LogP) is 5.31. The molecule has 4 aromatic rings. The van der Waals surface area contributed by atoms with Crippen LogP contribution >= 0.6 is 11.6 Å². The van der Waals surface area contributed by atoms with Crippen molar-refractivity contribution in [1.82, 2.24) is 15.0 Å². The van der Waals surface area contributed by atoms with Crippen molar-refractivity contribution in [2.75, 3.05) is 5.32 Å². The number of anilines is 2. The van der Waals surface area contributed by atoms with Crippen molar-refractivity contribution >= 4 is 34.0 Å². The van der Waals surface area contributed by atoms with Gasteiger partial charge in [-0.1, -0.05) is 29.3 Å². The van der Waals surface area contributed by atoms with Crippen LogP contribution in [0.3, 0.4) is 0 Å². The lowest BCUT2D eigenvalue weighted by Gasteiger charge is -2.12. The molecule has 0 fully saturated rings. The Balaban J connectivity index is 1.54. The molecule has 5 nitrogen and oxygen atoms in total. The molecule has 0 saturated heterocycles. The summed E-state index contributed by atoms with van der Waals surface area (Å²) in [6.07, 6.45) is 3.28. The van der Waals surface area contributed by atoms with E-state index in [1.165, 1.54) is 0 Å². The van der Waals surface area contributed by atoms with Gasteiger partial charge in [-0.3, -0.25) is 4.98 Å². The number of ether oxygens (including phenoxy) is 1. The maximum absolute atomic E-state index is 6.39. The average molecular weight is 377 g/mol. The van der Waals surface area contributed by atoms with E-state index in [0.29, 0.717) is 17.4 Å². The molecule has 0 spiro atoms. The third kappa shape index (κ3) is 3.99. The van der Waals surface area contributed by atoms with Gasteiger partial charge in [0.1, 0.15) is 24.5 Å². The first-order valence-corrected chi connectivity index (χ1v) is 8.87. The van der Waals surface area contributed by atoms with E-state index in [1.807, 2.05) is 55.5 Å². The van der Waals surface area contributed by atoms with Gasteiger partial charge < -0.3 is 10.1 Å². The third-order valence-electron chi connectivity index (χ3n) is 4.09. The second kappa shape index (κ2) is 7.60. The van der Waals surface area contributed by atoms with E-state index in [-0.39, 0.29) is 0 Å². The highest BCUT2D eigenvalue weighted by Crippen LogP contribution is 2.31. The Bertz CT molecular complexity index is 1090. The summed E-state index contributed by atoms with van der Waals surface area (Å²) >= 11 is 6.39. The summed E-state index contributed by atoms with van der Waals surface area (Å²) in [7, 11) is 0. The first-order chi connectivity index (χ1) is 13.2. The molecule has 2 aromatic carbocycles. The minimum atomic E-state index is 0.364. The molecular formula is C21H17ClN4O. The molecule has 0 saturated carbocycles. The topological polar surface area (TPSA) is 59.9 Å². The Morgan fingerprint density at radius 3 is 2.74 bits per heavy atom. The lowest BCUT2D eigenvalue weighted by molar-refractivity contribution is 0.301. The van der Waals surface area contributed by atoms with E-state index in [0.717, 1.165) is 33.7 Å². The number of hydrogen-bond donors (Lipinski definition) is 1. The number of hydrogen-bond acceptors (Lipinski definition) is 5. The summed E-state index contributed by atoms with van der Waals surface area (Å²) in [5.74, 6) is 1.35. The van der Waals surface area contributed by atoms with Crippen LogP contribution in [0.5, 0.6) is 5.75 Å². The Hall–Kier alpha value is -3.18. The molecule has 0 bridgehead atoms. The lowest BCUT2D eigenvalue weighted by atomic mass is 10.1. The van der Waals surface area contributed by atoms with Crippen LogP contribution in [0.1, 0.15) is 11.3 Å². The number of benzene rings is 2. The molecule has 0 aliphatic carbocycles. The fraction of sp³-hybridized carbons (Fsp3) is 0.0952. The molecule has 0 aliphatic rings. The molecule has 6 heteroatoms. The molecule has 0 aliphatic heterocycles. The van der Waals surface area contributed by atoms with Crippen LogP contribution < -0.4 is 10.1 Å². The largest absolute Gasteiger partial charge is 0.486 e. The van der Waals surface area contributed by atoms with Crippen molar-refractivity contribution in [1.29, 1.82) is 0 Å². The SMILES string of the molecule is Cc1ccc2ncnc(Nc3ccc(OCc4ccccn4)c(Cl)c3)c2c1. The number of halogens is 1. The van der Waals surface area contributed by atoms with E-state index in [1.54, 1.807) is 12.5 Å². The maximum Gasteiger partial charge on any atom is 0.141 e. The van der Waals surface area contributed by atoms with E-state index in [2.05, 4.69) is 26.3 Å². The van der Waals surface area contributed by atoms with Crippen LogP contribution in [0, 0.1) is 6.92 Å². The highest BCUT2D eigenvalue weighted by molar-refractivity contribution is 6.32. The quantitative estimate of drug-likeness (QED) is 0.511. The standard InChI is InChI=1S/C21H17ClN4O/c1-14-5-7-19-17(10-14)21(25-13-24-19)26-15-6-8-20(18(22)11-15)27-12-16-4-2-3-9-23-16/h2-11,13H,12H2,1H3,(H,24,25,26). The second-order valence-electron chi connectivity index (χ2n) is 6.12. The lowest BCUT2D eigenvalue weighted by Crippen LogP contribution is -1.99. The second-order valence-corrected chi connectivity index (χ2v) is 6.53. The number of aromatic nitrogens is 3. The molecule has 134 valence electrons. The third-order valence-corrected chi connectivity index (χ3v) is 4.38. The summed E-state index contributed by atoms with van der Waals surface area (Å²) in [4.78, 5) is 12.9. The first-order valence-electron chi connectivity index (χ1n) is 8.50. The number of nitrogens with one attached hydrogen (secondary N) is 1. The predicted molar refractivity (Wildman–Crippen MR) is 108 cm³/mol. The molecule has 0 radical (unpaired) electrons. The fourth-order valence-corrected chi connectivity index (χ4v) is 2.97. The molecule has 27 heavy (non-hydrogen) atoms. The van der Waals surface area contributed by atoms with Crippen LogP contribution in [-0.4, -0.2) is 15.0 Å². The summed E-state index contributed by atoms with van der Waals surface area (Å²) in [6, 6.07) is 17.3. The number of nitrogens with zero attached hydrogens (tertiary/aromatic N) is 3. The number of aryl methyl sites for hydroxylation is 1. The van der Waals surface area contributed by atoms with Crippen molar-refractivity contribution in [3.8, 4) is 5.75 Å². The van der Waals surface area contributed by atoms with E-state index >= 15 is 0 Å². The Morgan fingerprint density at radius 1 is 1.00 bits per heavy atom. The summed E-state index contributed by atoms with van der Waals surface area (Å²) in [6.45, 7) is 2.41. The van der Waals surface area contributed by atoms with Crippen LogP contribution in [-0.2, 0) is 6.61 Å². The van der Waals surface area contributed by atoms with Gasteiger partial charge in [0, 0.05) is 17.3 Å². The van der Waals surface area contributed by atoms with Gasteiger partial charge >= 0.3 is 0 Å². The van der Waals surface area contributed by atoms with Crippen molar-refractivity contribution in [3.63, 3.8) is 0 Å². The molecular weight excluding hydrogens is 360 g/mol. The normalized spacial score (nSPS) is 10.7. The van der Waals surface area contributed by atoms with Gasteiger partial charge in [-0.2, -0.15) is 0 Å². The Morgan fingerprint density at radius 2 is 1.93 bits per heavy atom. The number of pyridine rings is 1. The zero-order chi connectivity index (χ0) is 18.6. The monoisotopic (exact) mass is 376 g/mol. The molecule has 2 aromatic heterocycles. The van der Waals surface area contributed by atoms with Crippen molar-refractivity contribution < 1.29 is 4.74 Å². The summed E-state index contributed by atoms with van der Waals surface area (Å²) in [5, 5.41) is 4.79. The Kier molecular flexibility index (Phi) is 4.85. The van der Waals surface area contributed by atoms with Crippen LogP contribution in [0.2, 0.25) is 5.02 Å². The van der Waals surface area contributed by atoms with Crippen molar-refractivity contribution in [3.05, 3.63) is 83.4 Å². The van der Waals surface area contributed by atoms with E-state index in [9.17, 15) is 0 Å². The molecule has 0 atom stereocenters. The van der Waals surface area contributed by atoms with Crippen LogP contribution in [0.25, 0.3) is 10.9 Å². The van der Waals surface area contributed by atoms with Gasteiger partial charge in [0.2, 0.25) is 0 Å². The molecule has 1 N–H and O–H groups in total. The van der Waals surface area contributed by atoms with Gasteiger partial charge in [0.05, 0.1) is 16.2 Å². The molecule has 0 unspecified atom stereocenters. The molecule has 2 heterocycles. The van der Waals surface area contributed by atoms with Gasteiger partial charge in [0.15, 0.2) is 0 Å². The minimum Gasteiger partial charge on any atom is -0.486 e. The molecule has 4 rings (SSSR count). The average Bonchev–Trinajstić information content (AvgIpc) is 2.69. The van der Waals surface area contributed by atoms with Gasteiger partial charge in [-0.25, -0.2) is 9.97 Å². The van der Waals surface area contributed by atoms with E-state index < -0.39 is 0 Å². The van der Waals surface area contributed by atoms with E-state index in [4.69, 9.17) is 16.3 Å². The van der Waals surface area contributed by atoms with Crippen LogP contribution in [0.4, 0.5) is 11.5 Å². The minimum absolute atomic E-state index is 0.364. The first kappa shape index (κ1) is 17.2. The van der Waals surface area contributed by atoms with Crippen molar-refractivity contribution in [2.24, 2.45) is 0 Å².